The molecule has 0 saturated heterocycles. The highest BCUT2D eigenvalue weighted by atomic mass is 19.4. The van der Waals surface area contributed by atoms with Gasteiger partial charge in [0.05, 0.1) is 11.1 Å². The summed E-state index contributed by atoms with van der Waals surface area (Å²) in [5.74, 6) is 0. The highest BCUT2D eigenvalue weighted by Crippen LogP contribution is 2.36. The van der Waals surface area contributed by atoms with Crippen molar-refractivity contribution in [3.63, 3.8) is 0 Å². The van der Waals surface area contributed by atoms with Crippen LogP contribution in [-0.4, -0.2) is 0 Å². The van der Waals surface area contributed by atoms with Crippen LogP contribution in [0.15, 0.2) is 63.8 Å². The predicted octanol–water partition coefficient (Wildman–Crippen LogP) is 4.40. The van der Waals surface area contributed by atoms with Gasteiger partial charge in [-0.2, -0.15) is 13.2 Å². The normalized spacial score (nSPS) is 11.8. The predicted molar refractivity (Wildman–Crippen MR) is 76.7 cm³/mol. The summed E-state index contributed by atoms with van der Waals surface area (Å²) in [6, 6.07) is 14.2. The summed E-state index contributed by atoms with van der Waals surface area (Å²) >= 11 is 0. The molecule has 5 heteroatoms. The lowest BCUT2D eigenvalue weighted by Gasteiger charge is -2.14. The first-order valence-electron chi connectivity index (χ1n) is 6.62. The minimum atomic E-state index is -4.63. The molecule has 0 radical (unpaired) electrons. The molecule has 0 bridgehead atoms. The minimum Gasteiger partial charge on any atom is -0.422 e. The van der Waals surface area contributed by atoms with Gasteiger partial charge in [0.25, 0.3) is 0 Å². The van der Waals surface area contributed by atoms with Crippen molar-refractivity contribution in [3.05, 3.63) is 81.7 Å². The van der Waals surface area contributed by atoms with Gasteiger partial charge in [0.1, 0.15) is 5.58 Å². The maximum absolute atomic E-state index is 13.5. The Morgan fingerprint density at radius 3 is 2.23 bits per heavy atom. The Hall–Kier alpha value is -2.56. The third-order valence-corrected chi connectivity index (χ3v) is 3.41. The summed E-state index contributed by atoms with van der Waals surface area (Å²) in [5.41, 5.74) is -1.66. The van der Waals surface area contributed by atoms with Crippen molar-refractivity contribution in [1.29, 1.82) is 0 Å². The van der Waals surface area contributed by atoms with Crippen LogP contribution in [0.1, 0.15) is 16.7 Å². The first-order valence-corrected chi connectivity index (χ1v) is 6.62. The molecule has 0 fully saturated rings. The van der Waals surface area contributed by atoms with Gasteiger partial charge in [0.2, 0.25) is 0 Å². The maximum Gasteiger partial charge on any atom is 0.417 e. The average Bonchev–Trinajstić information content (AvgIpc) is 2.47. The molecule has 3 aromatic rings. The quantitative estimate of drug-likeness (QED) is 0.657. The van der Waals surface area contributed by atoms with Crippen LogP contribution in [-0.2, 0) is 12.6 Å². The summed E-state index contributed by atoms with van der Waals surface area (Å²) in [4.78, 5) is 12.0. The van der Waals surface area contributed by atoms with Crippen LogP contribution in [0.3, 0.4) is 0 Å². The summed E-state index contributed by atoms with van der Waals surface area (Å²) in [6.07, 6.45) is -4.75. The number of alkyl halides is 3. The molecule has 0 atom stereocenters. The zero-order valence-corrected chi connectivity index (χ0v) is 11.4. The van der Waals surface area contributed by atoms with E-state index in [0.29, 0.717) is 5.56 Å². The third kappa shape index (κ3) is 2.62. The molecule has 0 saturated carbocycles. The van der Waals surface area contributed by atoms with Crippen molar-refractivity contribution in [2.24, 2.45) is 0 Å². The van der Waals surface area contributed by atoms with E-state index < -0.39 is 17.4 Å². The van der Waals surface area contributed by atoms with Crippen molar-refractivity contribution in [1.82, 2.24) is 0 Å². The highest BCUT2D eigenvalue weighted by molar-refractivity contribution is 5.81. The number of halogens is 3. The standard InChI is InChI=1S/C17H11F3O2/c18-17(19,20)15-12-8-4-5-9-14(12)22-16(21)13(15)10-11-6-2-1-3-7-11/h1-9H,10H2. The van der Waals surface area contributed by atoms with Crippen LogP contribution in [0.5, 0.6) is 0 Å². The van der Waals surface area contributed by atoms with Crippen LogP contribution in [0.2, 0.25) is 0 Å². The molecule has 22 heavy (non-hydrogen) atoms. The van der Waals surface area contributed by atoms with Crippen LogP contribution in [0.25, 0.3) is 11.0 Å². The van der Waals surface area contributed by atoms with Crippen molar-refractivity contribution in [2.45, 2.75) is 12.6 Å². The number of rotatable bonds is 2. The van der Waals surface area contributed by atoms with E-state index in [2.05, 4.69) is 0 Å². The largest absolute Gasteiger partial charge is 0.422 e. The fourth-order valence-electron chi connectivity index (χ4n) is 2.47. The summed E-state index contributed by atoms with van der Waals surface area (Å²) in [7, 11) is 0. The SMILES string of the molecule is O=c1oc2ccccc2c(C(F)(F)F)c1Cc1ccccc1. The Kier molecular flexibility index (Phi) is 3.48. The molecule has 0 aliphatic carbocycles. The number of para-hydroxylation sites is 1. The molecule has 1 aromatic heterocycles. The second-order valence-electron chi connectivity index (χ2n) is 4.90. The van der Waals surface area contributed by atoms with Crippen molar-refractivity contribution in [2.75, 3.05) is 0 Å². The fraction of sp³-hybridized carbons (Fsp3) is 0.118. The minimum absolute atomic E-state index is 0.0587. The van der Waals surface area contributed by atoms with Gasteiger partial charge in [-0.1, -0.05) is 48.5 Å². The molecule has 0 N–H and O–H groups in total. The lowest BCUT2D eigenvalue weighted by Crippen LogP contribution is -2.19. The number of hydrogen-bond donors (Lipinski definition) is 0. The zero-order chi connectivity index (χ0) is 15.7. The maximum atomic E-state index is 13.5. The molecular weight excluding hydrogens is 293 g/mol. The molecule has 0 aliphatic rings. The Balaban J connectivity index is 2.29. The van der Waals surface area contributed by atoms with Gasteiger partial charge in [-0.25, -0.2) is 4.79 Å². The molecule has 112 valence electrons. The van der Waals surface area contributed by atoms with E-state index in [4.69, 9.17) is 4.42 Å². The molecule has 0 amide bonds. The second kappa shape index (κ2) is 5.33. The summed E-state index contributed by atoms with van der Waals surface area (Å²) in [5, 5.41) is -0.0967. The van der Waals surface area contributed by atoms with E-state index in [1.54, 1.807) is 30.3 Å². The molecule has 0 unspecified atom stereocenters. The van der Waals surface area contributed by atoms with Gasteiger partial charge < -0.3 is 4.42 Å². The van der Waals surface area contributed by atoms with Crippen molar-refractivity contribution in [3.8, 4) is 0 Å². The van der Waals surface area contributed by atoms with Crippen LogP contribution in [0.4, 0.5) is 13.2 Å². The zero-order valence-electron chi connectivity index (χ0n) is 11.4. The van der Waals surface area contributed by atoms with E-state index in [9.17, 15) is 18.0 Å². The Morgan fingerprint density at radius 2 is 1.55 bits per heavy atom. The molecule has 2 aromatic carbocycles. The van der Waals surface area contributed by atoms with Crippen molar-refractivity contribution >= 4 is 11.0 Å². The highest BCUT2D eigenvalue weighted by Gasteiger charge is 2.37. The Labute approximate surface area is 123 Å². The van der Waals surface area contributed by atoms with Gasteiger partial charge in [-0.05, 0) is 11.6 Å². The molecule has 1 heterocycles. The second-order valence-corrected chi connectivity index (χ2v) is 4.90. The number of fused-ring (bicyclic) bond motifs is 1. The van der Waals surface area contributed by atoms with Crippen LogP contribution >= 0.6 is 0 Å². The molecule has 0 aliphatic heterocycles. The lowest BCUT2D eigenvalue weighted by atomic mass is 9.98. The number of hydrogen-bond acceptors (Lipinski definition) is 2. The van der Waals surface area contributed by atoms with Gasteiger partial charge in [0, 0.05) is 11.8 Å². The topological polar surface area (TPSA) is 30.2 Å². The van der Waals surface area contributed by atoms with Crippen molar-refractivity contribution < 1.29 is 17.6 Å². The number of benzene rings is 2. The first kappa shape index (κ1) is 14.4. The monoisotopic (exact) mass is 304 g/mol. The Bertz CT molecular complexity index is 864. The first-order chi connectivity index (χ1) is 10.5. The molecule has 2 nitrogen and oxygen atoms in total. The third-order valence-electron chi connectivity index (χ3n) is 3.41. The molecular formula is C17H11F3O2. The average molecular weight is 304 g/mol. The molecule has 0 spiro atoms. The van der Waals surface area contributed by atoms with E-state index in [0.717, 1.165) is 0 Å². The van der Waals surface area contributed by atoms with Gasteiger partial charge in [-0.3, -0.25) is 0 Å². The summed E-state index contributed by atoms with van der Waals surface area (Å²) < 4.78 is 45.5. The summed E-state index contributed by atoms with van der Waals surface area (Å²) in [6.45, 7) is 0. The van der Waals surface area contributed by atoms with Gasteiger partial charge >= 0.3 is 11.8 Å². The van der Waals surface area contributed by atoms with E-state index in [1.807, 2.05) is 0 Å². The van der Waals surface area contributed by atoms with E-state index in [1.165, 1.54) is 24.3 Å². The smallest absolute Gasteiger partial charge is 0.417 e. The van der Waals surface area contributed by atoms with Crippen LogP contribution in [0, 0.1) is 0 Å². The molecule has 3 rings (SSSR count). The van der Waals surface area contributed by atoms with Crippen LogP contribution < -0.4 is 5.63 Å². The van der Waals surface area contributed by atoms with Gasteiger partial charge in [-0.15, -0.1) is 0 Å². The lowest BCUT2D eigenvalue weighted by molar-refractivity contribution is -0.137. The van der Waals surface area contributed by atoms with E-state index in [-0.39, 0.29) is 23.0 Å². The Morgan fingerprint density at radius 1 is 0.909 bits per heavy atom. The van der Waals surface area contributed by atoms with E-state index >= 15 is 0 Å². The van der Waals surface area contributed by atoms with Gasteiger partial charge in [0.15, 0.2) is 0 Å². The fourth-order valence-corrected chi connectivity index (χ4v) is 2.47.